The van der Waals surface area contributed by atoms with Crippen molar-refractivity contribution in [3.8, 4) is 0 Å². The third-order valence-corrected chi connectivity index (χ3v) is 4.15. The van der Waals surface area contributed by atoms with Crippen LogP contribution >= 0.6 is 0 Å². The zero-order valence-electron chi connectivity index (χ0n) is 12.3. The predicted octanol–water partition coefficient (Wildman–Crippen LogP) is 2.73. The number of rotatable bonds is 2. The molecule has 1 aromatic carbocycles. The Kier molecular flexibility index (Phi) is 3.03. The van der Waals surface area contributed by atoms with Gasteiger partial charge in [0.25, 0.3) is 0 Å². The van der Waals surface area contributed by atoms with Crippen LogP contribution in [0, 0.1) is 12.7 Å². The van der Waals surface area contributed by atoms with Crippen molar-refractivity contribution in [2.75, 3.05) is 18.0 Å². The molecule has 5 nitrogen and oxygen atoms in total. The SMILES string of the molecule is Cc1cnn(C2CCN(c3ncnc4cc(F)ccc34)C2)c1. The number of hydrogen-bond acceptors (Lipinski definition) is 4. The highest BCUT2D eigenvalue weighted by atomic mass is 19.1. The van der Waals surface area contributed by atoms with Gasteiger partial charge in [-0.15, -0.1) is 0 Å². The largest absolute Gasteiger partial charge is 0.354 e. The van der Waals surface area contributed by atoms with Crippen LogP contribution in [0.15, 0.2) is 36.9 Å². The minimum absolute atomic E-state index is 0.275. The molecule has 1 aliphatic heterocycles. The third-order valence-electron chi connectivity index (χ3n) is 4.15. The number of anilines is 1. The van der Waals surface area contributed by atoms with E-state index in [4.69, 9.17) is 0 Å². The number of hydrogen-bond donors (Lipinski definition) is 0. The lowest BCUT2D eigenvalue weighted by Crippen LogP contribution is -2.22. The first-order chi connectivity index (χ1) is 10.7. The van der Waals surface area contributed by atoms with Crippen LogP contribution in [0.5, 0.6) is 0 Å². The fraction of sp³-hybridized carbons (Fsp3) is 0.312. The lowest BCUT2D eigenvalue weighted by molar-refractivity contribution is 0.494. The fourth-order valence-electron chi connectivity index (χ4n) is 3.05. The van der Waals surface area contributed by atoms with Gasteiger partial charge in [-0.3, -0.25) is 4.68 Å². The summed E-state index contributed by atoms with van der Waals surface area (Å²) in [5.41, 5.74) is 1.81. The summed E-state index contributed by atoms with van der Waals surface area (Å²) in [5.74, 6) is 0.597. The van der Waals surface area contributed by atoms with Crippen molar-refractivity contribution in [1.82, 2.24) is 19.7 Å². The Bertz CT molecular complexity index is 828. The summed E-state index contributed by atoms with van der Waals surface area (Å²) < 4.78 is 15.4. The predicted molar refractivity (Wildman–Crippen MR) is 82.3 cm³/mol. The zero-order valence-corrected chi connectivity index (χ0v) is 12.3. The molecule has 0 aliphatic carbocycles. The van der Waals surface area contributed by atoms with Crippen molar-refractivity contribution in [1.29, 1.82) is 0 Å². The van der Waals surface area contributed by atoms with Gasteiger partial charge in [0.2, 0.25) is 0 Å². The molecule has 1 fully saturated rings. The van der Waals surface area contributed by atoms with Crippen LogP contribution in [0.1, 0.15) is 18.0 Å². The van der Waals surface area contributed by atoms with Gasteiger partial charge in [0.15, 0.2) is 0 Å². The maximum absolute atomic E-state index is 13.3. The minimum atomic E-state index is -0.275. The van der Waals surface area contributed by atoms with Crippen LogP contribution in [-0.4, -0.2) is 32.8 Å². The number of aryl methyl sites for hydroxylation is 1. The van der Waals surface area contributed by atoms with Crippen molar-refractivity contribution >= 4 is 16.7 Å². The molecule has 0 radical (unpaired) electrons. The summed E-state index contributed by atoms with van der Waals surface area (Å²) in [4.78, 5) is 10.8. The van der Waals surface area contributed by atoms with Crippen LogP contribution in [0.2, 0.25) is 0 Å². The summed E-state index contributed by atoms with van der Waals surface area (Å²) in [6.07, 6.45) is 6.48. The molecule has 22 heavy (non-hydrogen) atoms. The number of halogens is 1. The van der Waals surface area contributed by atoms with Gasteiger partial charge in [0.1, 0.15) is 18.0 Å². The Morgan fingerprint density at radius 3 is 3.00 bits per heavy atom. The van der Waals surface area contributed by atoms with E-state index >= 15 is 0 Å². The van der Waals surface area contributed by atoms with E-state index in [1.54, 1.807) is 6.07 Å². The topological polar surface area (TPSA) is 46.8 Å². The fourth-order valence-corrected chi connectivity index (χ4v) is 3.05. The first-order valence-corrected chi connectivity index (χ1v) is 7.37. The first-order valence-electron chi connectivity index (χ1n) is 7.37. The highest BCUT2D eigenvalue weighted by Gasteiger charge is 2.26. The van der Waals surface area contributed by atoms with Crippen molar-refractivity contribution in [3.63, 3.8) is 0 Å². The van der Waals surface area contributed by atoms with Crippen LogP contribution in [0.4, 0.5) is 10.2 Å². The second-order valence-electron chi connectivity index (χ2n) is 5.74. The second-order valence-corrected chi connectivity index (χ2v) is 5.74. The summed E-state index contributed by atoms with van der Waals surface area (Å²) in [5, 5.41) is 5.30. The smallest absolute Gasteiger partial charge is 0.139 e. The number of benzene rings is 1. The molecular weight excluding hydrogens is 281 g/mol. The second kappa shape index (κ2) is 5.05. The van der Waals surface area contributed by atoms with Gasteiger partial charge in [-0.2, -0.15) is 5.10 Å². The Labute approximate surface area is 127 Å². The average Bonchev–Trinajstić information content (AvgIpc) is 3.15. The molecule has 3 heterocycles. The van der Waals surface area contributed by atoms with E-state index in [2.05, 4.69) is 26.2 Å². The number of nitrogens with zero attached hydrogens (tertiary/aromatic N) is 5. The van der Waals surface area contributed by atoms with Gasteiger partial charge >= 0.3 is 0 Å². The summed E-state index contributed by atoms with van der Waals surface area (Å²) in [6, 6.07) is 5.01. The molecule has 0 spiro atoms. The molecule has 1 atom stereocenters. The van der Waals surface area contributed by atoms with Crippen molar-refractivity contribution in [2.45, 2.75) is 19.4 Å². The van der Waals surface area contributed by atoms with E-state index in [1.165, 1.54) is 24.0 Å². The first kappa shape index (κ1) is 13.2. The number of aromatic nitrogens is 4. The lowest BCUT2D eigenvalue weighted by Gasteiger charge is -2.19. The summed E-state index contributed by atoms with van der Waals surface area (Å²) in [7, 11) is 0. The summed E-state index contributed by atoms with van der Waals surface area (Å²) >= 11 is 0. The van der Waals surface area contributed by atoms with Crippen LogP contribution in [0.3, 0.4) is 0 Å². The molecule has 0 saturated carbocycles. The molecule has 0 bridgehead atoms. The van der Waals surface area contributed by atoms with Crippen molar-refractivity contribution < 1.29 is 4.39 Å². The van der Waals surface area contributed by atoms with E-state index < -0.39 is 0 Å². The molecule has 0 amide bonds. The highest BCUT2D eigenvalue weighted by molar-refractivity contribution is 5.89. The number of fused-ring (bicyclic) bond motifs is 1. The van der Waals surface area contributed by atoms with Crippen LogP contribution in [-0.2, 0) is 0 Å². The van der Waals surface area contributed by atoms with E-state index in [0.29, 0.717) is 11.6 Å². The molecule has 1 aliphatic rings. The van der Waals surface area contributed by atoms with E-state index in [9.17, 15) is 4.39 Å². The van der Waals surface area contributed by atoms with Gasteiger partial charge < -0.3 is 4.90 Å². The summed E-state index contributed by atoms with van der Waals surface area (Å²) in [6.45, 7) is 3.81. The standard InChI is InChI=1S/C16H16FN5/c1-11-7-20-22(8-11)13-4-5-21(9-13)16-14-3-2-12(17)6-15(14)18-10-19-16/h2-3,6-8,10,13H,4-5,9H2,1H3. The van der Waals surface area contributed by atoms with E-state index in [-0.39, 0.29) is 5.82 Å². The Morgan fingerprint density at radius 2 is 2.18 bits per heavy atom. The van der Waals surface area contributed by atoms with E-state index in [1.807, 2.05) is 17.8 Å². The van der Waals surface area contributed by atoms with Crippen LogP contribution in [0.25, 0.3) is 10.9 Å². The molecule has 2 aromatic heterocycles. The Balaban J connectivity index is 1.66. The molecule has 6 heteroatoms. The lowest BCUT2D eigenvalue weighted by atomic mass is 10.2. The maximum Gasteiger partial charge on any atom is 0.139 e. The zero-order chi connectivity index (χ0) is 15.1. The van der Waals surface area contributed by atoms with Gasteiger partial charge in [0, 0.05) is 30.7 Å². The normalized spacial score (nSPS) is 18.3. The van der Waals surface area contributed by atoms with Gasteiger partial charge in [-0.25, -0.2) is 14.4 Å². The molecule has 4 rings (SSSR count). The monoisotopic (exact) mass is 297 g/mol. The highest BCUT2D eigenvalue weighted by Crippen LogP contribution is 2.30. The Morgan fingerprint density at radius 1 is 1.27 bits per heavy atom. The van der Waals surface area contributed by atoms with Crippen LogP contribution < -0.4 is 4.90 Å². The molecule has 112 valence electrons. The van der Waals surface area contributed by atoms with E-state index in [0.717, 1.165) is 30.7 Å². The van der Waals surface area contributed by atoms with Crippen molar-refractivity contribution in [2.24, 2.45) is 0 Å². The Hall–Kier alpha value is -2.50. The molecule has 1 unspecified atom stereocenters. The molecule has 0 N–H and O–H groups in total. The molecular formula is C16H16FN5. The van der Waals surface area contributed by atoms with Gasteiger partial charge in [-0.05, 0) is 31.0 Å². The van der Waals surface area contributed by atoms with Crippen molar-refractivity contribution in [3.05, 3.63) is 48.3 Å². The average molecular weight is 297 g/mol. The molecule has 1 saturated heterocycles. The minimum Gasteiger partial charge on any atom is -0.354 e. The maximum atomic E-state index is 13.3. The quantitative estimate of drug-likeness (QED) is 0.729. The van der Waals surface area contributed by atoms with Gasteiger partial charge in [-0.1, -0.05) is 0 Å². The molecule has 3 aromatic rings. The third kappa shape index (κ3) is 2.20. The van der Waals surface area contributed by atoms with Gasteiger partial charge in [0.05, 0.1) is 17.8 Å².